The maximum Gasteiger partial charge on any atom is 0.0693 e. The van der Waals surface area contributed by atoms with E-state index in [-0.39, 0.29) is 6.10 Å². The first-order valence-electron chi connectivity index (χ1n) is 6.50. The van der Waals surface area contributed by atoms with Crippen LogP contribution in [0.1, 0.15) is 38.5 Å². The first kappa shape index (κ1) is 11.4. The smallest absolute Gasteiger partial charge is 0.0693 e. The molecular formula is C12H24N2O. The van der Waals surface area contributed by atoms with Gasteiger partial charge in [0, 0.05) is 19.1 Å². The van der Waals surface area contributed by atoms with Gasteiger partial charge in [0.15, 0.2) is 0 Å². The Balaban J connectivity index is 1.57. The van der Waals surface area contributed by atoms with E-state index < -0.39 is 0 Å². The first-order chi connectivity index (χ1) is 7.36. The second-order valence-electron chi connectivity index (χ2n) is 4.96. The first-order valence-corrected chi connectivity index (χ1v) is 6.50. The summed E-state index contributed by atoms with van der Waals surface area (Å²) in [6.07, 6.45) is 7.38. The van der Waals surface area contributed by atoms with Crippen LogP contribution in [0.3, 0.4) is 0 Å². The van der Waals surface area contributed by atoms with Gasteiger partial charge in [0.2, 0.25) is 0 Å². The van der Waals surface area contributed by atoms with E-state index in [1.54, 1.807) is 0 Å². The van der Waals surface area contributed by atoms with Gasteiger partial charge in [0.25, 0.3) is 0 Å². The van der Waals surface area contributed by atoms with Gasteiger partial charge in [0.1, 0.15) is 0 Å². The topological polar surface area (TPSA) is 35.5 Å². The van der Waals surface area contributed by atoms with Crippen LogP contribution >= 0.6 is 0 Å². The molecule has 2 atom stereocenters. The average molecular weight is 212 g/mol. The molecule has 0 unspecified atom stereocenters. The largest absolute Gasteiger partial charge is 0.392 e. The fraction of sp³-hybridized carbons (Fsp3) is 1.00. The number of aliphatic hydroxyl groups excluding tert-OH is 1. The molecule has 0 aromatic heterocycles. The molecule has 1 saturated heterocycles. The zero-order valence-corrected chi connectivity index (χ0v) is 9.62. The quantitative estimate of drug-likeness (QED) is 0.729. The molecule has 0 aromatic carbocycles. The van der Waals surface area contributed by atoms with Crippen molar-refractivity contribution >= 4 is 0 Å². The molecule has 3 heteroatoms. The molecule has 1 heterocycles. The molecule has 0 spiro atoms. The molecule has 2 fully saturated rings. The Morgan fingerprint density at radius 2 is 1.87 bits per heavy atom. The van der Waals surface area contributed by atoms with Gasteiger partial charge in [-0.15, -0.1) is 0 Å². The van der Waals surface area contributed by atoms with Crippen LogP contribution in [0, 0.1) is 0 Å². The third kappa shape index (κ3) is 3.44. The van der Waals surface area contributed by atoms with Crippen molar-refractivity contribution in [3.63, 3.8) is 0 Å². The van der Waals surface area contributed by atoms with Crippen LogP contribution in [0.5, 0.6) is 0 Å². The normalized spacial score (nSPS) is 33.4. The number of likely N-dealkylation sites (tertiary alicyclic amines) is 1. The lowest BCUT2D eigenvalue weighted by atomic mass is 10.1. The molecule has 0 amide bonds. The molecule has 88 valence electrons. The lowest BCUT2D eigenvalue weighted by Gasteiger charge is -2.27. The Labute approximate surface area is 92.8 Å². The Hall–Kier alpha value is -0.120. The number of aliphatic hydroxyl groups is 1. The monoisotopic (exact) mass is 212 g/mol. The van der Waals surface area contributed by atoms with Gasteiger partial charge in [-0.1, -0.05) is 6.42 Å². The minimum atomic E-state index is -0.0913. The predicted octanol–water partition coefficient (Wildman–Crippen LogP) is 0.975. The van der Waals surface area contributed by atoms with Crippen LogP contribution in [0.15, 0.2) is 0 Å². The summed E-state index contributed by atoms with van der Waals surface area (Å²) in [5.74, 6) is 0. The van der Waals surface area contributed by atoms with E-state index in [2.05, 4.69) is 10.2 Å². The Morgan fingerprint density at radius 3 is 2.53 bits per heavy atom. The minimum Gasteiger partial charge on any atom is -0.392 e. The van der Waals surface area contributed by atoms with Crippen LogP contribution in [0.4, 0.5) is 0 Å². The maximum atomic E-state index is 9.65. The highest BCUT2D eigenvalue weighted by atomic mass is 16.3. The molecule has 1 aliphatic heterocycles. The third-order valence-corrected chi connectivity index (χ3v) is 3.76. The van der Waals surface area contributed by atoms with Crippen molar-refractivity contribution < 1.29 is 5.11 Å². The van der Waals surface area contributed by atoms with Gasteiger partial charge in [-0.05, 0) is 45.2 Å². The highest BCUT2D eigenvalue weighted by Crippen LogP contribution is 2.18. The minimum absolute atomic E-state index is 0.0913. The van der Waals surface area contributed by atoms with Crippen LogP contribution < -0.4 is 5.32 Å². The van der Waals surface area contributed by atoms with Crippen LogP contribution in [0.25, 0.3) is 0 Å². The summed E-state index contributed by atoms with van der Waals surface area (Å²) in [4.78, 5) is 2.54. The summed E-state index contributed by atoms with van der Waals surface area (Å²) in [6, 6.07) is 0.370. The molecule has 0 aromatic rings. The number of rotatable bonds is 4. The van der Waals surface area contributed by atoms with Gasteiger partial charge in [-0.2, -0.15) is 0 Å². The molecule has 1 aliphatic carbocycles. The Kier molecular flexibility index (Phi) is 4.42. The van der Waals surface area contributed by atoms with Crippen molar-refractivity contribution in [2.75, 3.05) is 26.2 Å². The highest BCUT2D eigenvalue weighted by Gasteiger charge is 2.24. The van der Waals surface area contributed by atoms with Crippen molar-refractivity contribution in [3.8, 4) is 0 Å². The molecule has 1 saturated carbocycles. The van der Waals surface area contributed by atoms with Crippen molar-refractivity contribution in [2.24, 2.45) is 0 Å². The van der Waals surface area contributed by atoms with E-state index in [1.807, 2.05) is 0 Å². The number of hydrogen-bond donors (Lipinski definition) is 2. The maximum absolute atomic E-state index is 9.65. The number of nitrogens with zero attached hydrogens (tertiary/aromatic N) is 1. The highest BCUT2D eigenvalue weighted by molar-refractivity contribution is 4.82. The Morgan fingerprint density at radius 1 is 1.07 bits per heavy atom. The fourth-order valence-corrected chi connectivity index (χ4v) is 2.77. The van der Waals surface area contributed by atoms with Gasteiger partial charge >= 0.3 is 0 Å². The van der Waals surface area contributed by atoms with Gasteiger partial charge in [-0.3, -0.25) is 0 Å². The second kappa shape index (κ2) is 5.83. The van der Waals surface area contributed by atoms with Gasteiger partial charge < -0.3 is 15.3 Å². The van der Waals surface area contributed by atoms with Crippen LogP contribution in [-0.2, 0) is 0 Å². The molecule has 0 bridgehead atoms. The zero-order chi connectivity index (χ0) is 10.5. The van der Waals surface area contributed by atoms with E-state index in [0.29, 0.717) is 6.04 Å². The summed E-state index contributed by atoms with van der Waals surface area (Å²) in [5.41, 5.74) is 0. The van der Waals surface area contributed by atoms with Crippen molar-refractivity contribution in [3.05, 3.63) is 0 Å². The summed E-state index contributed by atoms with van der Waals surface area (Å²) in [5, 5.41) is 13.1. The zero-order valence-electron chi connectivity index (χ0n) is 9.62. The van der Waals surface area contributed by atoms with Crippen molar-refractivity contribution in [2.45, 2.75) is 50.7 Å². The standard InChI is InChI=1S/C12H24N2O/c15-12-6-4-5-11(12)13-7-10-14-8-2-1-3-9-14/h11-13,15H,1-10H2/t11-,12-/m1/s1. The molecule has 2 N–H and O–H groups in total. The van der Waals surface area contributed by atoms with Gasteiger partial charge in [0.05, 0.1) is 6.10 Å². The van der Waals surface area contributed by atoms with Crippen molar-refractivity contribution in [1.29, 1.82) is 0 Å². The molecule has 3 nitrogen and oxygen atoms in total. The van der Waals surface area contributed by atoms with Crippen LogP contribution in [0.2, 0.25) is 0 Å². The number of nitrogens with one attached hydrogen (secondary N) is 1. The molecule has 15 heavy (non-hydrogen) atoms. The Bertz CT molecular complexity index is 180. The van der Waals surface area contributed by atoms with E-state index >= 15 is 0 Å². The van der Waals surface area contributed by atoms with E-state index in [0.717, 1.165) is 25.9 Å². The predicted molar refractivity (Wildman–Crippen MR) is 61.9 cm³/mol. The van der Waals surface area contributed by atoms with Crippen molar-refractivity contribution in [1.82, 2.24) is 10.2 Å². The average Bonchev–Trinajstić information content (AvgIpc) is 2.66. The summed E-state index contributed by atoms with van der Waals surface area (Å²) < 4.78 is 0. The van der Waals surface area contributed by atoms with Gasteiger partial charge in [-0.25, -0.2) is 0 Å². The summed E-state index contributed by atoms with van der Waals surface area (Å²) in [6.45, 7) is 4.74. The molecule has 2 rings (SSSR count). The number of hydrogen-bond acceptors (Lipinski definition) is 3. The summed E-state index contributed by atoms with van der Waals surface area (Å²) >= 11 is 0. The second-order valence-corrected chi connectivity index (χ2v) is 4.96. The lowest BCUT2D eigenvalue weighted by molar-refractivity contribution is 0.145. The third-order valence-electron chi connectivity index (χ3n) is 3.76. The van der Waals surface area contributed by atoms with Crippen LogP contribution in [-0.4, -0.2) is 48.3 Å². The fourth-order valence-electron chi connectivity index (χ4n) is 2.77. The van der Waals surface area contributed by atoms with E-state index in [1.165, 1.54) is 38.8 Å². The molecule has 2 aliphatic rings. The summed E-state index contributed by atoms with van der Waals surface area (Å²) in [7, 11) is 0. The SMILES string of the molecule is O[C@@H]1CCC[C@H]1NCCN1CCCCC1. The number of piperidine rings is 1. The molecule has 0 radical (unpaired) electrons. The molecular weight excluding hydrogens is 188 g/mol. The van der Waals surface area contributed by atoms with E-state index in [4.69, 9.17) is 0 Å². The van der Waals surface area contributed by atoms with E-state index in [9.17, 15) is 5.11 Å². The lowest BCUT2D eigenvalue weighted by Crippen LogP contribution is -2.42.